The summed E-state index contributed by atoms with van der Waals surface area (Å²) < 4.78 is 12.2. The molecule has 1 aromatic rings. The molecule has 0 atom stereocenters. The smallest absolute Gasteiger partial charge is 0.259 e. The molecule has 1 aromatic carbocycles. The molecule has 0 heterocycles. The zero-order chi connectivity index (χ0) is 16.0. The van der Waals surface area contributed by atoms with E-state index in [1.54, 1.807) is 18.2 Å². The summed E-state index contributed by atoms with van der Waals surface area (Å²) in [6, 6.07) is 5.31. The molecule has 0 aliphatic heterocycles. The van der Waals surface area contributed by atoms with Crippen LogP contribution in [0.5, 0.6) is 11.5 Å². The second-order valence-electron chi connectivity index (χ2n) is 4.46. The molecule has 0 saturated carbocycles. The average Bonchev–Trinajstić information content (AvgIpc) is 2.39. The third-order valence-corrected chi connectivity index (χ3v) is 3.18. The summed E-state index contributed by atoms with van der Waals surface area (Å²) >= 11 is 2.13. The molecular weight excluding hydrogens is 383 g/mol. The number of nitriles is 1. The summed E-state index contributed by atoms with van der Waals surface area (Å²) in [6.45, 7) is 6.22. The van der Waals surface area contributed by atoms with Gasteiger partial charge in [-0.25, -0.2) is 0 Å². The van der Waals surface area contributed by atoms with E-state index in [-0.39, 0.29) is 11.7 Å². The van der Waals surface area contributed by atoms with Gasteiger partial charge in [-0.2, -0.15) is 5.26 Å². The van der Waals surface area contributed by atoms with Gasteiger partial charge in [0.15, 0.2) is 11.5 Å². The normalized spacial score (nSPS) is 11.1. The van der Waals surface area contributed by atoms with Gasteiger partial charge in [0, 0.05) is 0 Å². The molecule has 0 saturated heterocycles. The third kappa shape index (κ3) is 4.93. The maximum absolute atomic E-state index is 11.1. The maximum atomic E-state index is 11.1. The van der Waals surface area contributed by atoms with Crippen LogP contribution in [-0.4, -0.2) is 18.6 Å². The van der Waals surface area contributed by atoms with Gasteiger partial charge in [-0.3, -0.25) is 4.79 Å². The molecule has 5 nitrogen and oxygen atoms in total. The second-order valence-corrected chi connectivity index (χ2v) is 5.63. The fraction of sp³-hybridized carbons (Fsp3) is 0.333. The molecule has 0 aliphatic carbocycles. The number of primary amides is 1. The first-order chi connectivity index (χ1) is 9.88. The van der Waals surface area contributed by atoms with Gasteiger partial charge in [-0.1, -0.05) is 0 Å². The Balaban J connectivity index is 3.33. The minimum atomic E-state index is -0.757. The van der Waals surface area contributed by atoms with Crippen LogP contribution in [-0.2, 0) is 4.79 Å². The Morgan fingerprint density at radius 1 is 1.52 bits per heavy atom. The Bertz CT molecular complexity index is 604. The number of carbonyl (C=O) groups excluding carboxylic acids is 1. The van der Waals surface area contributed by atoms with Gasteiger partial charge in [-0.15, -0.1) is 0 Å². The van der Waals surface area contributed by atoms with E-state index < -0.39 is 5.91 Å². The van der Waals surface area contributed by atoms with Crippen LogP contribution >= 0.6 is 22.6 Å². The summed E-state index contributed by atoms with van der Waals surface area (Å²) in [5.41, 5.74) is 5.69. The minimum Gasteiger partial charge on any atom is -0.490 e. The lowest BCUT2D eigenvalue weighted by atomic mass is 10.1. The van der Waals surface area contributed by atoms with Crippen molar-refractivity contribution in [2.45, 2.75) is 26.9 Å². The summed E-state index contributed by atoms with van der Waals surface area (Å²) in [5, 5.41) is 8.90. The summed E-state index contributed by atoms with van der Waals surface area (Å²) in [4.78, 5) is 11.1. The quantitative estimate of drug-likeness (QED) is 0.452. The van der Waals surface area contributed by atoms with Crippen LogP contribution in [0.2, 0.25) is 0 Å². The number of hydrogen-bond donors (Lipinski definition) is 1. The molecular formula is C15H17IN2O3. The molecule has 0 fully saturated rings. The Hall–Kier alpha value is -1.75. The SMILES string of the molecule is CCOc1cc(/C=C(\C#N)C(N)=O)cc(I)c1OC(C)C. The van der Waals surface area contributed by atoms with Crippen LogP contribution in [0.4, 0.5) is 0 Å². The van der Waals surface area contributed by atoms with Gasteiger partial charge in [0.05, 0.1) is 16.3 Å². The Kier molecular flexibility index (Phi) is 6.49. The van der Waals surface area contributed by atoms with Crippen molar-refractivity contribution in [1.82, 2.24) is 0 Å². The monoisotopic (exact) mass is 400 g/mol. The molecule has 21 heavy (non-hydrogen) atoms. The lowest BCUT2D eigenvalue weighted by molar-refractivity contribution is -0.114. The number of rotatable bonds is 6. The number of nitrogens with zero attached hydrogens (tertiary/aromatic N) is 1. The van der Waals surface area contributed by atoms with Crippen molar-refractivity contribution in [3.8, 4) is 17.6 Å². The average molecular weight is 400 g/mol. The summed E-state index contributed by atoms with van der Waals surface area (Å²) in [5.74, 6) is 0.473. The third-order valence-electron chi connectivity index (χ3n) is 2.38. The van der Waals surface area contributed by atoms with E-state index in [0.717, 1.165) is 3.57 Å². The number of nitrogens with two attached hydrogens (primary N) is 1. The van der Waals surface area contributed by atoms with E-state index in [1.807, 2.05) is 20.8 Å². The number of carbonyl (C=O) groups is 1. The Labute approximate surface area is 137 Å². The molecule has 0 spiro atoms. The van der Waals surface area contributed by atoms with Crippen molar-refractivity contribution in [2.75, 3.05) is 6.61 Å². The van der Waals surface area contributed by atoms with Crippen LogP contribution in [0, 0.1) is 14.9 Å². The zero-order valence-corrected chi connectivity index (χ0v) is 14.3. The highest BCUT2D eigenvalue weighted by Gasteiger charge is 2.14. The Morgan fingerprint density at radius 2 is 2.19 bits per heavy atom. The number of amides is 1. The molecule has 0 radical (unpaired) electrons. The summed E-state index contributed by atoms with van der Waals surface area (Å²) in [6.07, 6.45) is 1.45. The maximum Gasteiger partial charge on any atom is 0.259 e. The largest absolute Gasteiger partial charge is 0.490 e. The molecule has 1 rings (SSSR count). The van der Waals surface area contributed by atoms with Crippen LogP contribution in [0.25, 0.3) is 6.08 Å². The minimum absolute atomic E-state index is 0.0133. The fourth-order valence-electron chi connectivity index (χ4n) is 1.61. The number of halogens is 1. The Morgan fingerprint density at radius 3 is 2.67 bits per heavy atom. The van der Waals surface area contributed by atoms with Crippen molar-refractivity contribution in [3.63, 3.8) is 0 Å². The highest BCUT2D eigenvalue weighted by atomic mass is 127. The fourth-order valence-corrected chi connectivity index (χ4v) is 2.36. The van der Waals surface area contributed by atoms with Gasteiger partial charge in [-0.05, 0) is 67.1 Å². The molecule has 2 N–H and O–H groups in total. The van der Waals surface area contributed by atoms with E-state index in [9.17, 15) is 4.79 Å². The van der Waals surface area contributed by atoms with Crippen LogP contribution in [0.1, 0.15) is 26.3 Å². The number of hydrogen-bond acceptors (Lipinski definition) is 4. The predicted molar refractivity (Wildman–Crippen MR) is 88.9 cm³/mol. The predicted octanol–water partition coefficient (Wildman–Crippen LogP) is 2.87. The summed E-state index contributed by atoms with van der Waals surface area (Å²) in [7, 11) is 0. The molecule has 0 aliphatic rings. The van der Waals surface area contributed by atoms with E-state index in [1.165, 1.54) is 6.08 Å². The second kappa shape index (κ2) is 7.88. The van der Waals surface area contributed by atoms with Crippen molar-refractivity contribution in [1.29, 1.82) is 5.26 Å². The molecule has 0 unspecified atom stereocenters. The zero-order valence-electron chi connectivity index (χ0n) is 12.1. The first-order valence-electron chi connectivity index (χ1n) is 6.43. The van der Waals surface area contributed by atoms with Crippen molar-refractivity contribution < 1.29 is 14.3 Å². The van der Waals surface area contributed by atoms with E-state index >= 15 is 0 Å². The topological polar surface area (TPSA) is 85.3 Å². The van der Waals surface area contributed by atoms with Gasteiger partial charge in [0.2, 0.25) is 0 Å². The van der Waals surface area contributed by atoms with Gasteiger partial charge in [0.25, 0.3) is 5.91 Å². The standard InChI is InChI=1S/C15H17IN2O3/c1-4-20-13-7-10(5-11(8-17)15(18)19)6-12(16)14(13)21-9(2)3/h5-7,9H,4H2,1-3H3,(H2,18,19)/b11-5+. The van der Waals surface area contributed by atoms with Gasteiger partial charge < -0.3 is 15.2 Å². The van der Waals surface area contributed by atoms with Crippen molar-refractivity contribution >= 4 is 34.6 Å². The van der Waals surface area contributed by atoms with Crippen molar-refractivity contribution in [3.05, 3.63) is 26.8 Å². The van der Waals surface area contributed by atoms with Crippen LogP contribution in [0.3, 0.4) is 0 Å². The van der Waals surface area contributed by atoms with Gasteiger partial charge in [0.1, 0.15) is 11.6 Å². The first-order valence-corrected chi connectivity index (χ1v) is 7.51. The van der Waals surface area contributed by atoms with Crippen LogP contribution < -0.4 is 15.2 Å². The highest BCUT2D eigenvalue weighted by Crippen LogP contribution is 2.35. The molecule has 1 amide bonds. The van der Waals surface area contributed by atoms with E-state index in [2.05, 4.69) is 22.6 Å². The van der Waals surface area contributed by atoms with Crippen molar-refractivity contribution in [2.24, 2.45) is 5.73 Å². The molecule has 6 heteroatoms. The molecule has 0 aromatic heterocycles. The lowest BCUT2D eigenvalue weighted by Gasteiger charge is -2.17. The van der Waals surface area contributed by atoms with E-state index in [4.69, 9.17) is 20.5 Å². The number of ether oxygens (including phenoxy) is 2. The van der Waals surface area contributed by atoms with Crippen LogP contribution in [0.15, 0.2) is 17.7 Å². The molecule has 112 valence electrons. The molecule has 0 bridgehead atoms. The van der Waals surface area contributed by atoms with E-state index in [0.29, 0.717) is 23.7 Å². The number of benzene rings is 1. The van der Waals surface area contributed by atoms with Gasteiger partial charge >= 0.3 is 0 Å². The first kappa shape index (κ1) is 17.3. The highest BCUT2D eigenvalue weighted by molar-refractivity contribution is 14.1. The lowest BCUT2D eigenvalue weighted by Crippen LogP contribution is -2.12.